The summed E-state index contributed by atoms with van der Waals surface area (Å²) >= 11 is 6.37. The standard InChI is InChI=1S/C16H23ClN2O2.ClH/c1-12(18)10-15(20)19-11-16(6-8-21-9-7-16)13-4-2-3-5-14(13)17;/h2-5,12H,6-11,18H2,1H3,(H,19,20);1H. The molecule has 1 fully saturated rings. The molecule has 1 aromatic carbocycles. The van der Waals surface area contributed by atoms with E-state index in [2.05, 4.69) is 5.32 Å². The summed E-state index contributed by atoms with van der Waals surface area (Å²) in [5.41, 5.74) is 6.61. The molecule has 124 valence electrons. The predicted molar refractivity (Wildman–Crippen MR) is 91.7 cm³/mol. The zero-order valence-electron chi connectivity index (χ0n) is 12.8. The molecule has 0 saturated carbocycles. The number of hydrogen-bond acceptors (Lipinski definition) is 3. The summed E-state index contributed by atoms with van der Waals surface area (Å²) < 4.78 is 5.48. The molecule has 1 heterocycles. The van der Waals surface area contributed by atoms with E-state index in [1.165, 1.54) is 0 Å². The molecule has 1 atom stereocenters. The fourth-order valence-electron chi connectivity index (χ4n) is 2.83. The maximum absolute atomic E-state index is 11.9. The number of rotatable bonds is 5. The van der Waals surface area contributed by atoms with Crippen molar-refractivity contribution in [2.75, 3.05) is 19.8 Å². The Morgan fingerprint density at radius 2 is 2.05 bits per heavy atom. The summed E-state index contributed by atoms with van der Waals surface area (Å²) in [5, 5.41) is 3.77. The first kappa shape index (κ1) is 19.2. The summed E-state index contributed by atoms with van der Waals surface area (Å²) in [4.78, 5) is 11.9. The molecular weight excluding hydrogens is 323 g/mol. The zero-order valence-corrected chi connectivity index (χ0v) is 14.4. The van der Waals surface area contributed by atoms with E-state index in [1.54, 1.807) is 0 Å². The summed E-state index contributed by atoms with van der Waals surface area (Å²) in [7, 11) is 0. The minimum absolute atomic E-state index is 0. The van der Waals surface area contributed by atoms with Crippen molar-refractivity contribution in [2.24, 2.45) is 5.73 Å². The second kappa shape index (κ2) is 8.73. The zero-order chi connectivity index (χ0) is 15.3. The molecule has 0 bridgehead atoms. The molecule has 1 amide bonds. The molecule has 0 spiro atoms. The number of benzene rings is 1. The minimum atomic E-state index is -0.149. The summed E-state index contributed by atoms with van der Waals surface area (Å²) in [6, 6.07) is 7.73. The van der Waals surface area contributed by atoms with Crippen LogP contribution in [0.25, 0.3) is 0 Å². The van der Waals surface area contributed by atoms with Crippen LogP contribution in [-0.2, 0) is 14.9 Å². The van der Waals surface area contributed by atoms with Crippen LogP contribution in [0.1, 0.15) is 31.7 Å². The monoisotopic (exact) mass is 346 g/mol. The lowest BCUT2D eigenvalue weighted by Crippen LogP contribution is -2.45. The molecule has 6 heteroatoms. The molecule has 1 aliphatic rings. The van der Waals surface area contributed by atoms with E-state index >= 15 is 0 Å². The summed E-state index contributed by atoms with van der Waals surface area (Å²) in [5.74, 6) is -0.0112. The second-order valence-electron chi connectivity index (χ2n) is 5.83. The Hall–Kier alpha value is -0.810. The van der Waals surface area contributed by atoms with Crippen LogP contribution >= 0.6 is 24.0 Å². The highest BCUT2D eigenvalue weighted by atomic mass is 35.5. The Morgan fingerprint density at radius 3 is 2.64 bits per heavy atom. The molecule has 0 radical (unpaired) electrons. The Balaban J connectivity index is 0.00000242. The Morgan fingerprint density at radius 1 is 1.41 bits per heavy atom. The number of nitrogens with one attached hydrogen (secondary N) is 1. The van der Waals surface area contributed by atoms with Gasteiger partial charge in [-0.3, -0.25) is 4.79 Å². The second-order valence-corrected chi connectivity index (χ2v) is 6.24. The maximum atomic E-state index is 11.9. The van der Waals surface area contributed by atoms with Crippen LogP contribution < -0.4 is 11.1 Å². The molecule has 1 saturated heterocycles. The first-order valence-corrected chi connectivity index (χ1v) is 7.76. The summed E-state index contributed by atoms with van der Waals surface area (Å²) in [6.45, 7) is 3.78. The van der Waals surface area contributed by atoms with Gasteiger partial charge in [0.1, 0.15) is 0 Å². The number of hydrogen-bond donors (Lipinski definition) is 2. The maximum Gasteiger partial charge on any atom is 0.221 e. The van der Waals surface area contributed by atoms with Crippen LogP contribution in [0.3, 0.4) is 0 Å². The van der Waals surface area contributed by atoms with E-state index in [1.807, 2.05) is 31.2 Å². The van der Waals surface area contributed by atoms with E-state index in [-0.39, 0.29) is 29.8 Å². The predicted octanol–water partition coefficient (Wildman–Crippen LogP) is 2.66. The molecule has 1 aliphatic heterocycles. The number of amides is 1. The highest BCUT2D eigenvalue weighted by Crippen LogP contribution is 2.38. The van der Waals surface area contributed by atoms with Gasteiger partial charge in [-0.25, -0.2) is 0 Å². The first-order chi connectivity index (χ1) is 10.0. The van der Waals surface area contributed by atoms with Crippen molar-refractivity contribution in [3.63, 3.8) is 0 Å². The highest BCUT2D eigenvalue weighted by molar-refractivity contribution is 6.31. The molecule has 0 aliphatic carbocycles. The van der Waals surface area contributed by atoms with Crippen molar-refractivity contribution >= 4 is 29.9 Å². The number of carbonyl (C=O) groups excluding carboxylic acids is 1. The molecule has 2 rings (SSSR count). The van der Waals surface area contributed by atoms with Gasteiger partial charge >= 0.3 is 0 Å². The molecule has 4 nitrogen and oxygen atoms in total. The van der Waals surface area contributed by atoms with Gasteiger partial charge in [0.15, 0.2) is 0 Å². The van der Waals surface area contributed by atoms with Crippen LogP contribution in [0.5, 0.6) is 0 Å². The minimum Gasteiger partial charge on any atom is -0.381 e. The van der Waals surface area contributed by atoms with Crippen molar-refractivity contribution in [1.82, 2.24) is 5.32 Å². The largest absolute Gasteiger partial charge is 0.381 e. The van der Waals surface area contributed by atoms with E-state index in [0.717, 1.165) is 23.4 Å². The van der Waals surface area contributed by atoms with E-state index in [0.29, 0.717) is 26.2 Å². The lowest BCUT2D eigenvalue weighted by atomic mass is 9.74. The number of ether oxygens (including phenoxy) is 1. The molecular formula is C16H24Cl2N2O2. The van der Waals surface area contributed by atoms with Gasteiger partial charge < -0.3 is 15.8 Å². The van der Waals surface area contributed by atoms with Crippen LogP contribution in [0.2, 0.25) is 5.02 Å². The van der Waals surface area contributed by atoms with Gasteiger partial charge in [-0.05, 0) is 31.4 Å². The normalized spacial score (nSPS) is 18.1. The quantitative estimate of drug-likeness (QED) is 0.861. The third-order valence-corrected chi connectivity index (χ3v) is 4.36. The molecule has 3 N–H and O–H groups in total. The van der Waals surface area contributed by atoms with Gasteiger partial charge in [-0.2, -0.15) is 0 Å². The Bertz CT molecular complexity index is 489. The van der Waals surface area contributed by atoms with Gasteiger partial charge in [0.2, 0.25) is 5.91 Å². The SMILES string of the molecule is CC(N)CC(=O)NCC1(c2ccccc2Cl)CCOCC1.Cl. The van der Waals surface area contributed by atoms with Crippen LogP contribution in [0, 0.1) is 0 Å². The van der Waals surface area contributed by atoms with Gasteiger partial charge in [0.25, 0.3) is 0 Å². The topological polar surface area (TPSA) is 64.4 Å². The van der Waals surface area contributed by atoms with Gasteiger partial charge in [-0.15, -0.1) is 12.4 Å². The smallest absolute Gasteiger partial charge is 0.221 e. The molecule has 1 unspecified atom stereocenters. The number of halogens is 2. The lowest BCUT2D eigenvalue weighted by molar-refractivity contribution is -0.121. The Labute approximate surface area is 143 Å². The van der Waals surface area contributed by atoms with Crippen molar-refractivity contribution in [2.45, 2.75) is 37.6 Å². The lowest BCUT2D eigenvalue weighted by Gasteiger charge is -2.38. The van der Waals surface area contributed by atoms with E-state index in [9.17, 15) is 4.79 Å². The van der Waals surface area contributed by atoms with Crippen LogP contribution in [0.15, 0.2) is 24.3 Å². The van der Waals surface area contributed by atoms with E-state index < -0.39 is 0 Å². The van der Waals surface area contributed by atoms with Crippen molar-refractivity contribution in [3.05, 3.63) is 34.9 Å². The van der Waals surface area contributed by atoms with Crippen molar-refractivity contribution in [3.8, 4) is 0 Å². The number of nitrogens with two attached hydrogens (primary N) is 1. The molecule has 22 heavy (non-hydrogen) atoms. The number of carbonyl (C=O) groups is 1. The van der Waals surface area contributed by atoms with Crippen LogP contribution in [-0.4, -0.2) is 31.7 Å². The average molecular weight is 347 g/mol. The van der Waals surface area contributed by atoms with Gasteiger partial charge in [0, 0.05) is 42.7 Å². The van der Waals surface area contributed by atoms with Crippen molar-refractivity contribution < 1.29 is 9.53 Å². The van der Waals surface area contributed by atoms with Gasteiger partial charge in [-0.1, -0.05) is 29.8 Å². The fourth-order valence-corrected chi connectivity index (χ4v) is 3.16. The molecule has 0 aromatic heterocycles. The van der Waals surface area contributed by atoms with E-state index in [4.69, 9.17) is 22.1 Å². The van der Waals surface area contributed by atoms with Crippen molar-refractivity contribution in [1.29, 1.82) is 0 Å². The third-order valence-electron chi connectivity index (χ3n) is 4.03. The van der Waals surface area contributed by atoms with Gasteiger partial charge in [0.05, 0.1) is 0 Å². The first-order valence-electron chi connectivity index (χ1n) is 7.38. The van der Waals surface area contributed by atoms with Crippen LogP contribution in [0.4, 0.5) is 0 Å². The fraction of sp³-hybridized carbons (Fsp3) is 0.562. The average Bonchev–Trinajstić information content (AvgIpc) is 2.46. The Kier molecular flexibility index (Phi) is 7.63. The third kappa shape index (κ3) is 4.85. The molecule has 1 aromatic rings. The summed E-state index contributed by atoms with van der Waals surface area (Å²) in [6.07, 6.45) is 2.06. The highest BCUT2D eigenvalue weighted by Gasteiger charge is 2.36.